The molecule has 84 valence electrons. The lowest BCUT2D eigenvalue weighted by atomic mass is 10.1. The monoisotopic (exact) mass is 227 g/mol. The van der Waals surface area contributed by atoms with Crippen LogP contribution in [-0.2, 0) is 4.74 Å². The molecule has 2 aromatic rings. The average Bonchev–Trinajstić information content (AvgIpc) is 2.90. The van der Waals surface area contributed by atoms with Gasteiger partial charge in [-0.3, -0.25) is 0 Å². The number of nitrogens with zero attached hydrogens (tertiary/aromatic N) is 3. The number of methoxy groups -OCH3 is 1. The quantitative estimate of drug-likeness (QED) is 0.729. The van der Waals surface area contributed by atoms with Gasteiger partial charge in [0.1, 0.15) is 0 Å². The van der Waals surface area contributed by atoms with E-state index in [2.05, 4.69) is 4.98 Å². The summed E-state index contributed by atoms with van der Waals surface area (Å²) in [6.45, 7) is 0. The fraction of sp³-hybridized carbons (Fsp3) is 0.0833. The molecule has 5 nitrogen and oxygen atoms in total. The predicted molar refractivity (Wildman–Crippen MR) is 59.6 cm³/mol. The molecule has 0 atom stereocenters. The summed E-state index contributed by atoms with van der Waals surface area (Å²) in [4.78, 5) is 15.5. The lowest BCUT2D eigenvalue weighted by Crippen LogP contribution is -2.07. The smallest absolute Gasteiger partial charge is 0.340 e. The Morgan fingerprint density at radius 1 is 1.53 bits per heavy atom. The van der Waals surface area contributed by atoms with Gasteiger partial charge in [-0.05, 0) is 18.2 Å². The summed E-state index contributed by atoms with van der Waals surface area (Å²) in [5.74, 6) is -0.481. The topological polar surface area (TPSA) is 67.9 Å². The van der Waals surface area contributed by atoms with Crippen molar-refractivity contribution < 1.29 is 9.53 Å². The first-order valence-corrected chi connectivity index (χ1v) is 4.87. The third-order valence-corrected chi connectivity index (χ3v) is 2.31. The van der Waals surface area contributed by atoms with Crippen molar-refractivity contribution in [2.45, 2.75) is 0 Å². The van der Waals surface area contributed by atoms with Crippen LogP contribution in [0.15, 0.2) is 36.9 Å². The third kappa shape index (κ3) is 2.01. The van der Waals surface area contributed by atoms with Gasteiger partial charge in [-0.25, -0.2) is 9.78 Å². The van der Waals surface area contributed by atoms with Gasteiger partial charge in [0.2, 0.25) is 0 Å². The van der Waals surface area contributed by atoms with Crippen LogP contribution in [0.1, 0.15) is 15.9 Å². The van der Waals surface area contributed by atoms with Crippen LogP contribution >= 0.6 is 0 Å². The van der Waals surface area contributed by atoms with Crippen molar-refractivity contribution >= 4 is 5.97 Å². The largest absolute Gasteiger partial charge is 0.465 e. The van der Waals surface area contributed by atoms with E-state index in [1.54, 1.807) is 35.4 Å². The van der Waals surface area contributed by atoms with E-state index in [1.807, 2.05) is 6.07 Å². The first-order valence-electron chi connectivity index (χ1n) is 4.87. The lowest BCUT2D eigenvalue weighted by Gasteiger charge is -2.08. The van der Waals surface area contributed by atoms with Crippen molar-refractivity contribution in [3.8, 4) is 11.8 Å². The maximum absolute atomic E-state index is 11.6. The fourth-order valence-electron chi connectivity index (χ4n) is 1.51. The molecule has 5 heteroatoms. The number of hydrogen-bond acceptors (Lipinski definition) is 4. The highest BCUT2D eigenvalue weighted by Gasteiger charge is 2.13. The number of imidazole rings is 1. The van der Waals surface area contributed by atoms with Crippen molar-refractivity contribution in [2.75, 3.05) is 7.11 Å². The zero-order chi connectivity index (χ0) is 12.3. The molecule has 0 aliphatic carbocycles. The summed E-state index contributed by atoms with van der Waals surface area (Å²) in [7, 11) is 1.30. The molecular weight excluding hydrogens is 218 g/mol. The van der Waals surface area contributed by atoms with E-state index in [9.17, 15) is 4.79 Å². The Morgan fingerprint density at radius 3 is 2.94 bits per heavy atom. The first kappa shape index (κ1) is 10.9. The molecular formula is C12H9N3O2. The number of carbonyl (C=O) groups is 1. The normalized spacial score (nSPS) is 9.65. The summed E-state index contributed by atoms with van der Waals surface area (Å²) in [6, 6.07) is 6.81. The first-order chi connectivity index (χ1) is 8.26. The highest BCUT2D eigenvalue weighted by Crippen LogP contribution is 2.17. The van der Waals surface area contributed by atoms with E-state index in [0.717, 1.165) is 0 Å². The minimum absolute atomic E-state index is 0.338. The van der Waals surface area contributed by atoms with Crippen LogP contribution in [0.25, 0.3) is 5.69 Å². The number of nitriles is 1. The van der Waals surface area contributed by atoms with E-state index in [-0.39, 0.29) is 0 Å². The summed E-state index contributed by atoms with van der Waals surface area (Å²) in [5.41, 5.74) is 1.38. The van der Waals surface area contributed by atoms with Crippen LogP contribution in [0.3, 0.4) is 0 Å². The van der Waals surface area contributed by atoms with Gasteiger partial charge in [-0.2, -0.15) is 5.26 Å². The van der Waals surface area contributed by atoms with E-state index in [4.69, 9.17) is 10.00 Å². The molecule has 1 aromatic heterocycles. The summed E-state index contributed by atoms with van der Waals surface area (Å²) in [5, 5.41) is 8.82. The molecule has 1 aromatic carbocycles. The molecule has 0 amide bonds. The molecule has 0 saturated heterocycles. The van der Waals surface area contributed by atoms with Gasteiger partial charge in [0, 0.05) is 12.4 Å². The Morgan fingerprint density at radius 2 is 2.35 bits per heavy atom. The van der Waals surface area contributed by atoms with Gasteiger partial charge < -0.3 is 9.30 Å². The third-order valence-electron chi connectivity index (χ3n) is 2.31. The standard InChI is InChI=1S/C12H9N3O2/c1-17-12(16)10-6-9(7-13)2-3-11(10)15-5-4-14-8-15/h2-6,8H,1H3. The molecule has 17 heavy (non-hydrogen) atoms. The van der Waals surface area contributed by atoms with Crippen molar-refractivity contribution in [3.63, 3.8) is 0 Å². The van der Waals surface area contributed by atoms with E-state index in [0.29, 0.717) is 16.8 Å². The van der Waals surface area contributed by atoms with Crippen LogP contribution in [0.2, 0.25) is 0 Å². The maximum Gasteiger partial charge on any atom is 0.340 e. The number of ether oxygens (including phenoxy) is 1. The van der Waals surface area contributed by atoms with Gasteiger partial charge in [0.15, 0.2) is 0 Å². The highest BCUT2D eigenvalue weighted by atomic mass is 16.5. The second kappa shape index (κ2) is 4.49. The number of carbonyl (C=O) groups excluding carboxylic acids is 1. The molecule has 0 spiro atoms. The Kier molecular flexibility index (Phi) is 2.88. The zero-order valence-electron chi connectivity index (χ0n) is 9.12. The molecule has 2 rings (SSSR count). The van der Waals surface area contributed by atoms with Gasteiger partial charge >= 0.3 is 5.97 Å². The second-order valence-electron chi connectivity index (χ2n) is 3.31. The number of rotatable bonds is 2. The fourth-order valence-corrected chi connectivity index (χ4v) is 1.51. The Hall–Kier alpha value is -2.61. The van der Waals surface area contributed by atoms with Crippen LogP contribution < -0.4 is 0 Å². The minimum atomic E-state index is -0.481. The molecule has 0 radical (unpaired) electrons. The molecule has 0 aliphatic heterocycles. The van der Waals surface area contributed by atoms with Crippen molar-refractivity contribution in [2.24, 2.45) is 0 Å². The molecule has 0 aliphatic rings. The number of benzene rings is 1. The van der Waals surface area contributed by atoms with Gasteiger partial charge in [-0.15, -0.1) is 0 Å². The summed E-state index contributed by atoms with van der Waals surface area (Å²) < 4.78 is 6.38. The maximum atomic E-state index is 11.6. The highest BCUT2D eigenvalue weighted by molar-refractivity contribution is 5.93. The number of hydrogen-bond donors (Lipinski definition) is 0. The molecule has 1 heterocycles. The average molecular weight is 227 g/mol. The molecule has 0 unspecified atom stereocenters. The summed E-state index contributed by atoms with van der Waals surface area (Å²) >= 11 is 0. The SMILES string of the molecule is COC(=O)c1cc(C#N)ccc1-n1ccnc1. The van der Waals surface area contributed by atoms with Crippen LogP contribution in [0, 0.1) is 11.3 Å². The zero-order valence-corrected chi connectivity index (χ0v) is 9.12. The van der Waals surface area contributed by atoms with Crippen molar-refractivity contribution in [3.05, 3.63) is 48.0 Å². The van der Waals surface area contributed by atoms with E-state index >= 15 is 0 Å². The Balaban J connectivity index is 2.60. The van der Waals surface area contributed by atoms with Crippen LogP contribution in [0.4, 0.5) is 0 Å². The molecule has 0 bridgehead atoms. The Labute approximate surface area is 97.9 Å². The number of aromatic nitrogens is 2. The second-order valence-corrected chi connectivity index (χ2v) is 3.31. The summed E-state index contributed by atoms with van der Waals surface area (Å²) in [6.07, 6.45) is 4.90. The lowest BCUT2D eigenvalue weighted by molar-refractivity contribution is 0.0600. The molecule has 0 saturated carbocycles. The van der Waals surface area contributed by atoms with Gasteiger partial charge in [0.25, 0.3) is 0 Å². The van der Waals surface area contributed by atoms with Gasteiger partial charge in [-0.1, -0.05) is 0 Å². The van der Waals surface area contributed by atoms with Crippen LogP contribution in [0.5, 0.6) is 0 Å². The van der Waals surface area contributed by atoms with Gasteiger partial charge in [0.05, 0.1) is 36.3 Å². The van der Waals surface area contributed by atoms with E-state index in [1.165, 1.54) is 13.2 Å². The Bertz CT molecular complexity index is 582. The molecule has 0 N–H and O–H groups in total. The number of esters is 1. The van der Waals surface area contributed by atoms with Crippen molar-refractivity contribution in [1.82, 2.24) is 9.55 Å². The van der Waals surface area contributed by atoms with Crippen LogP contribution in [-0.4, -0.2) is 22.6 Å². The van der Waals surface area contributed by atoms with Crippen molar-refractivity contribution in [1.29, 1.82) is 5.26 Å². The molecule has 0 fully saturated rings. The predicted octanol–water partition coefficient (Wildman–Crippen LogP) is 1.53. The minimum Gasteiger partial charge on any atom is -0.465 e. The van der Waals surface area contributed by atoms with E-state index < -0.39 is 5.97 Å².